The van der Waals surface area contributed by atoms with E-state index >= 15 is 0 Å². The Hall–Kier alpha value is -1.69. The van der Waals surface area contributed by atoms with Crippen molar-refractivity contribution >= 4 is 10.2 Å². The Morgan fingerprint density at radius 3 is 2.47 bits per heavy atom. The Morgan fingerprint density at radius 1 is 1.27 bits per heavy atom. The monoisotopic (exact) mass is 226 g/mol. The summed E-state index contributed by atoms with van der Waals surface area (Å²) in [7, 11) is -3.59. The Balaban J connectivity index is 2.20. The van der Waals surface area contributed by atoms with Crippen molar-refractivity contribution in [2.24, 2.45) is 0 Å². The molecule has 80 valence electrons. The molecule has 15 heavy (non-hydrogen) atoms. The normalized spacial score (nSPS) is 18.4. The first-order valence-corrected chi connectivity index (χ1v) is 5.76. The summed E-state index contributed by atoms with van der Waals surface area (Å²) in [6.45, 7) is 0.209. The van der Waals surface area contributed by atoms with E-state index in [1.807, 2.05) is 35.1 Å². The average Bonchev–Trinajstić information content (AvgIpc) is 2.41. The highest BCUT2D eigenvalue weighted by Gasteiger charge is 2.26. The number of benzene rings is 1. The lowest BCUT2D eigenvalue weighted by Crippen LogP contribution is -2.29. The highest BCUT2D eigenvalue weighted by molar-refractivity contribution is 7.87. The summed E-state index contributed by atoms with van der Waals surface area (Å²) in [6.07, 6.45) is 1.16. The lowest BCUT2D eigenvalue weighted by atomic mass is 10.2. The zero-order chi connectivity index (χ0) is 10.9. The van der Waals surface area contributed by atoms with Crippen LogP contribution in [0.2, 0.25) is 0 Å². The molecule has 0 amide bonds. The van der Waals surface area contributed by atoms with Crippen LogP contribution in [0.5, 0.6) is 0 Å². The Labute approximate surface area is 87.8 Å². The van der Waals surface area contributed by atoms with Crippen LogP contribution in [0.15, 0.2) is 42.4 Å². The topological polar surface area (TPSA) is 69.6 Å². The van der Waals surface area contributed by atoms with Crippen LogP contribution in [-0.4, -0.2) is 17.8 Å². The van der Waals surface area contributed by atoms with Gasteiger partial charge in [0.2, 0.25) is 5.88 Å². The molecule has 1 heterocycles. The number of rotatable bonds is 2. The van der Waals surface area contributed by atoms with Gasteiger partial charge in [-0.25, -0.2) is 4.72 Å². The van der Waals surface area contributed by atoms with Crippen LogP contribution in [0.1, 0.15) is 5.56 Å². The molecule has 0 atom stereocenters. The van der Waals surface area contributed by atoms with Gasteiger partial charge >= 0.3 is 10.2 Å². The molecule has 2 N–H and O–H groups in total. The van der Waals surface area contributed by atoms with Crippen LogP contribution in [0.25, 0.3) is 0 Å². The maximum Gasteiger partial charge on any atom is 0.326 e. The molecule has 0 unspecified atom stereocenters. The standard InChI is InChI=1S/C9H10N2O3S/c12-9-7-11(15(13,14)10-9)6-8-4-2-1-3-5-8/h1-5,7,10,12H,6H2. The SMILES string of the molecule is O=S1(=O)NC(O)=CN1Cc1ccccc1. The van der Waals surface area contributed by atoms with Crippen LogP contribution in [0, 0.1) is 0 Å². The predicted molar refractivity (Wildman–Crippen MR) is 54.8 cm³/mol. The van der Waals surface area contributed by atoms with Crippen molar-refractivity contribution in [2.75, 3.05) is 0 Å². The second-order valence-electron chi connectivity index (χ2n) is 3.15. The summed E-state index contributed by atoms with van der Waals surface area (Å²) in [5.74, 6) is -0.356. The molecule has 0 bridgehead atoms. The third-order valence-electron chi connectivity index (χ3n) is 1.99. The molecular formula is C9H10N2O3S. The molecule has 0 aliphatic carbocycles. The van der Waals surface area contributed by atoms with E-state index in [0.717, 1.165) is 16.1 Å². The molecule has 1 aromatic carbocycles. The first kappa shape index (κ1) is 9.85. The van der Waals surface area contributed by atoms with Gasteiger partial charge in [-0.05, 0) is 5.56 Å². The van der Waals surface area contributed by atoms with E-state index in [9.17, 15) is 8.42 Å². The quantitative estimate of drug-likeness (QED) is 0.779. The van der Waals surface area contributed by atoms with Crippen molar-refractivity contribution in [3.8, 4) is 0 Å². The maximum absolute atomic E-state index is 11.4. The highest BCUT2D eigenvalue weighted by Crippen LogP contribution is 2.14. The molecule has 6 heteroatoms. The van der Waals surface area contributed by atoms with Gasteiger partial charge in [0, 0.05) is 0 Å². The van der Waals surface area contributed by atoms with E-state index < -0.39 is 10.2 Å². The summed E-state index contributed by atoms with van der Waals surface area (Å²) < 4.78 is 25.8. The third-order valence-corrected chi connectivity index (χ3v) is 3.31. The number of hydrogen-bond donors (Lipinski definition) is 2. The minimum absolute atomic E-state index is 0.209. The van der Waals surface area contributed by atoms with Crippen molar-refractivity contribution in [1.29, 1.82) is 0 Å². The Kier molecular flexibility index (Phi) is 2.28. The maximum atomic E-state index is 11.4. The van der Waals surface area contributed by atoms with Crippen molar-refractivity contribution in [1.82, 2.24) is 9.03 Å². The van der Waals surface area contributed by atoms with E-state index in [2.05, 4.69) is 0 Å². The van der Waals surface area contributed by atoms with Gasteiger partial charge in [-0.15, -0.1) is 0 Å². The van der Waals surface area contributed by atoms with Gasteiger partial charge in [-0.1, -0.05) is 30.3 Å². The molecule has 5 nitrogen and oxygen atoms in total. The summed E-state index contributed by atoms with van der Waals surface area (Å²) >= 11 is 0. The molecule has 1 aliphatic heterocycles. The number of aliphatic hydroxyl groups excluding tert-OH is 1. The molecular weight excluding hydrogens is 216 g/mol. The summed E-state index contributed by atoms with van der Waals surface area (Å²) in [5.41, 5.74) is 0.855. The molecule has 0 spiro atoms. The first-order valence-electron chi connectivity index (χ1n) is 4.32. The lowest BCUT2D eigenvalue weighted by molar-refractivity contribution is 0.390. The van der Waals surface area contributed by atoms with Crippen molar-refractivity contribution in [3.63, 3.8) is 0 Å². The zero-order valence-corrected chi connectivity index (χ0v) is 8.61. The van der Waals surface area contributed by atoms with Crippen LogP contribution >= 0.6 is 0 Å². The predicted octanol–water partition coefficient (Wildman–Crippen LogP) is 0.693. The second kappa shape index (κ2) is 3.47. The van der Waals surface area contributed by atoms with Gasteiger partial charge in [-0.2, -0.15) is 8.42 Å². The fraction of sp³-hybridized carbons (Fsp3) is 0.111. The first-order chi connectivity index (χ1) is 7.08. The van der Waals surface area contributed by atoms with Crippen LogP contribution in [-0.2, 0) is 16.8 Å². The van der Waals surface area contributed by atoms with Gasteiger partial charge in [0.15, 0.2) is 0 Å². The van der Waals surface area contributed by atoms with E-state index in [4.69, 9.17) is 5.11 Å². The molecule has 0 fully saturated rings. The van der Waals surface area contributed by atoms with Crippen molar-refractivity contribution < 1.29 is 13.5 Å². The molecule has 0 aromatic heterocycles. The zero-order valence-electron chi connectivity index (χ0n) is 7.79. The Morgan fingerprint density at radius 2 is 1.93 bits per heavy atom. The molecule has 1 aromatic rings. The fourth-order valence-corrected chi connectivity index (χ4v) is 2.31. The van der Waals surface area contributed by atoms with E-state index in [1.165, 1.54) is 0 Å². The largest absolute Gasteiger partial charge is 0.493 e. The number of aliphatic hydroxyl groups is 1. The molecule has 0 radical (unpaired) electrons. The Bertz CT molecular complexity index is 481. The summed E-state index contributed by atoms with van der Waals surface area (Å²) in [4.78, 5) is 0. The molecule has 2 rings (SSSR count). The number of nitrogens with zero attached hydrogens (tertiary/aromatic N) is 1. The molecule has 1 aliphatic rings. The minimum Gasteiger partial charge on any atom is -0.493 e. The van der Waals surface area contributed by atoms with Gasteiger partial charge in [0.05, 0.1) is 12.7 Å². The van der Waals surface area contributed by atoms with Gasteiger partial charge in [-0.3, -0.25) is 4.31 Å². The summed E-state index contributed by atoms with van der Waals surface area (Å²) in [5, 5.41) is 9.04. The van der Waals surface area contributed by atoms with Gasteiger partial charge < -0.3 is 5.11 Å². The third kappa shape index (κ3) is 2.04. The second-order valence-corrected chi connectivity index (χ2v) is 4.78. The minimum atomic E-state index is -3.59. The van der Waals surface area contributed by atoms with Crippen LogP contribution < -0.4 is 4.72 Å². The van der Waals surface area contributed by atoms with Gasteiger partial charge in [0.25, 0.3) is 0 Å². The van der Waals surface area contributed by atoms with Crippen LogP contribution in [0.4, 0.5) is 0 Å². The average molecular weight is 226 g/mol. The van der Waals surface area contributed by atoms with E-state index in [-0.39, 0.29) is 12.4 Å². The highest BCUT2D eigenvalue weighted by atomic mass is 32.2. The number of nitrogens with one attached hydrogen (secondary N) is 1. The lowest BCUT2D eigenvalue weighted by Gasteiger charge is -2.13. The summed E-state index contributed by atoms with van der Waals surface area (Å²) in [6, 6.07) is 9.15. The molecule has 0 saturated carbocycles. The van der Waals surface area contributed by atoms with Crippen molar-refractivity contribution in [2.45, 2.75) is 6.54 Å². The molecule has 0 saturated heterocycles. The van der Waals surface area contributed by atoms with Gasteiger partial charge in [0.1, 0.15) is 0 Å². The van der Waals surface area contributed by atoms with Crippen LogP contribution in [0.3, 0.4) is 0 Å². The number of hydrogen-bond acceptors (Lipinski definition) is 3. The van der Waals surface area contributed by atoms with E-state index in [0.29, 0.717) is 0 Å². The smallest absolute Gasteiger partial charge is 0.326 e. The van der Waals surface area contributed by atoms with E-state index in [1.54, 1.807) is 0 Å². The van der Waals surface area contributed by atoms with Crippen molar-refractivity contribution in [3.05, 3.63) is 48.0 Å². The fourth-order valence-electron chi connectivity index (χ4n) is 1.32.